The van der Waals surface area contributed by atoms with Crippen molar-refractivity contribution < 1.29 is 18.7 Å². The number of nitrogens with one attached hydrogen (secondary N) is 1. The van der Waals surface area contributed by atoms with Gasteiger partial charge in [-0.2, -0.15) is 0 Å². The smallest absolute Gasteiger partial charge is 0.267 e. The van der Waals surface area contributed by atoms with Crippen LogP contribution in [0.5, 0.6) is 0 Å². The third-order valence-electron chi connectivity index (χ3n) is 2.29. The number of halogens is 2. The van der Waals surface area contributed by atoms with Crippen LogP contribution in [-0.4, -0.2) is 17.6 Å². The summed E-state index contributed by atoms with van der Waals surface area (Å²) in [6.07, 6.45) is 0. The van der Waals surface area contributed by atoms with Crippen LogP contribution in [0.25, 0.3) is 0 Å². The summed E-state index contributed by atoms with van der Waals surface area (Å²) in [5, 5.41) is 12.7. The van der Waals surface area contributed by atoms with E-state index in [2.05, 4.69) is 17.2 Å². The molecule has 0 aliphatic heterocycles. The van der Waals surface area contributed by atoms with E-state index in [-0.39, 0.29) is 12.3 Å². The van der Waals surface area contributed by atoms with E-state index < -0.39 is 17.5 Å². The Morgan fingerprint density at radius 2 is 2.00 bits per heavy atom. The second kappa shape index (κ2) is 6.28. The minimum absolute atomic E-state index is 0.0296. The number of hydrogen-bond donors (Lipinski definition) is 2. The first-order valence-electron chi connectivity index (χ1n) is 5.55. The van der Waals surface area contributed by atoms with E-state index in [9.17, 15) is 13.6 Å². The zero-order valence-electron chi connectivity index (χ0n) is 10.1. The van der Waals surface area contributed by atoms with Crippen LogP contribution in [0.1, 0.15) is 15.2 Å². The Bertz CT molecular complexity index is 680. The molecule has 0 saturated carbocycles. The number of benzene rings is 1. The van der Waals surface area contributed by atoms with Crippen LogP contribution >= 0.6 is 11.3 Å². The Kier molecular flexibility index (Phi) is 4.45. The molecule has 6 heteroatoms. The van der Waals surface area contributed by atoms with Crippen molar-refractivity contribution in [3.63, 3.8) is 0 Å². The molecular weight excluding hydrogens is 284 g/mol. The molecule has 0 aliphatic rings. The summed E-state index contributed by atoms with van der Waals surface area (Å²) in [4.78, 5) is 12.3. The minimum atomic E-state index is -0.772. The number of anilines is 1. The van der Waals surface area contributed by atoms with E-state index in [0.29, 0.717) is 10.4 Å². The summed E-state index contributed by atoms with van der Waals surface area (Å²) in [5.41, 5.74) is 0.486. The Labute approximate surface area is 117 Å². The van der Waals surface area contributed by atoms with Crippen molar-refractivity contribution in [3.8, 4) is 11.8 Å². The van der Waals surface area contributed by atoms with Gasteiger partial charge in [0.25, 0.3) is 5.91 Å². The fourth-order valence-electron chi connectivity index (χ4n) is 1.53. The van der Waals surface area contributed by atoms with Crippen molar-refractivity contribution in [1.82, 2.24) is 0 Å². The van der Waals surface area contributed by atoms with E-state index in [0.717, 1.165) is 29.5 Å². The van der Waals surface area contributed by atoms with Gasteiger partial charge in [-0.05, 0) is 23.6 Å². The average molecular weight is 293 g/mol. The van der Waals surface area contributed by atoms with Crippen molar-refractivity contribution in [2.24, 2.45) is 0 Å². The van der Waals surface area contributed by atoms with E-state index in [4.69, 9.17) is 5.11 Å². The molecule has 0 saturated heterocycles. The first-order chi connectivity index (χ1) is 9.60. The molecule has 0 spiro atoms. The normalized spacial score (nSPS) is 9.75. The van der Waals surface area contributed by atoms with E-state index >= 15 is 0 Å². The number of hydrogen-bond acceptors (Lipinski definition) is 3. The highest BCUT2D eigenvalue weighted by Gasteiger charge is 2.13. The summed E-state index contributed by atoms with van der Waals surface area (Å²) < 4.78 is 26.1. The number of carbonyl (C=O) groups is 1. The lowest BCUT2D eigenvalue weighted by Crippen LogP contribution is -2.11. The zero-order chi connectivity index (χ0) is 14.5. The van der Waals surface area contributed by atoms with Crippen molar-refractivity contribution in [2.45, 2.75) is 0 Å². The number of thiophene rings is 1. The van der Waals surface area contributed by atoms with Gasteiger partial charge in [-0.3, -0.25) is 4.79 Å². The highest BCUT2D eigenvalue weighted by molar-refractivity contribution is 7.12. The van der Waals surface area contributed by atoms with Crippen molar-refractivity contribution >= 4 is 22.9 Å². The molecule has 0 bridgehead atoms. The van der Waals surface area contributed by atoms with Gasteiger partial charge in [0.1, 0.15) is 23.1 Å². The van der Waals surface area contributed by atoms with Crippen LogP contribution in [0.15, 0.2) is 29.6 Å². The van der Waals surface area contributed by atoms with Gasteiger partial charge in [-0.15, -0.1) is 11.3 Å². The molecule has 2 aromatic rings. The number of aliphatic hydroxyl groups is 1. The molecule has 0 unspecified atom stereocenters. The lowest BCUT2D eigenvalue weighted by atomic mass is 10.2. The van der Waals surface area contributed by atoms with Crippen LogP contribution in [0.3, 0.4) is 0 Å². The Balaban J connectivity index is 2.22. The number of aliphatic hydroxyl groups excluding tert-OH is 1. The van der Waals surface area contributed by atoms with Crippen LogP contribution in [0, 0.1) is 23.5 Å². The van der Waals surface area contributed by atoms with Crippen LogP contribution < -0.4 is 5.32 Å². The monoisotopic (exact) mass is 293 g/mol. The van der Waals surface area contributed by atoms with Crippen molar-refractivity contribution in [1.29, 1.82) is 0 Å². The van der Waals surface area contributed by atoms with E-state index in [1.807, 2.05) is 0 Å². The van der Waals surface area contributed by atoms with Gasteiger partial charge in [-0.25, -0.2) is 8.78 Å². The SMILES string of the molecule is O=C(Nc1cc(F)cc(F)c1)c1sccc1C#CCO. The summed E-state index contributed by atoms with van der Waals surface area (Å²) in [5.74, 6) is 3.02. The predicted octanol–water partition coefficient (Wildman–Crippen LogP) is 2.62. The molecule has 1 aromatic heterocycles. The molecular formula is C14H9F2NO2S. The van der Waals surface area contributed by atoms with Gasteiger partial charge >= 0.3 is 0 Å². The van der Waals surface area contributed by atoms with Crippen LogP contribution in [0.4, 0.5) is 14.5 Å². The van der Waals surface area contributed by atoms with E-state index in [1.165, 1.54) is 0 Å². The second-order valence-corrected chi connectivity index (χ2v) is 4.65. The first kappa shape index (κ1) is 14.2. The molecule has 0 aliphatic carbocycles. The third kappa shape index (κ3) is 3.41. The largest absolute Gasteiger partial charge is 0.384 e. The highest BCUT2D eigenvalue weighted by atomic mass is 32.1. The highest BCUT2D eigenvalue weighted by Crippen LogP contribution is 2.19. The second-order valence-electron chi connectivity index (χ2n) is 3.74. The van der Waals surface area contributed by atoms with Gasteiger partial charge in [-0.1, -0.05) is 11.8 Å². The summed E-state index contributed by atoms with van der Waals surface area (Å²) in [6.45, 7) is -0.313. The zero-order valence-corrected chi connectivity index (χ0v) is 10.9. The molecule has 1 heterocycles. The molecule has 1 amide bonds. The summed E-state index contributed by atoms with van der Waals surface area (Å²) in [7, 11) is 0. The third-order valence-corrected chi connectivity index (χ3v) is 3.21. The van der Waals surface area contributed by atoms with Gasteiger partial charge < -0.3 is 10.4 Å². The maximum absolute atomic E-state index is 13.0. The van der Waals surface area contributed by atoms with Crippen molar-refractivity contribution in [2.75, 3.05) is 11.9 Å². The fraction of sp³-hybridized carbons (Fsp3) is 0.0714. The summed E-state index contributed by atoms with van der Waals surface area (Å²) in [6, 6.07) is 4.40. The lowest BCUT2D eigenvalue weighted by Gasteiger charge is -2.04. The maximum Gasteiger partial charge on any atom is 0.267 e. The van der Waals surface area contributed by atoms with Gasteiger partial charge in [0.2, 0.25) is 0 Å². The van der Waals surface area contributed by atoms with Crippen LogP contribution in [0.2, 0.25) is 0 Å². The average Bonchev–Trinajstić information content (AvgIpc) is 2.83. The standard InChI is InChI=1S/C14H9F2NO2S/c15-10-6-11(16)8-12(7-10)17-14(19)13-9(2-1-4-18)3-5-20-13/h3,5-8,18H,4H2,(H,17,19). The summed E-state index contributed by atoms with van der Waals surface area (Å²) >= 11 is 1.15. The molecule has 102 valence electrons. The van der Waals surface area contributed by atoms with Gasteiger partial charge in [0.05, 0.1) is 0 Å². The number of rotatable bonds is 2. The first-order valence-corrected chi connectivity index (χ1v) is 6.43. The predicted molar refractivity (Wildman–Crippen MR) is 72.6 cm³/mol. The fourth-order valence-corrected chi connectivity index (χ4v) is 2.28. The van der Waals surface area contributed by atoms with Crippen LogP contribution in [-0.2, 0) is 0 Å². The molecule has 3 nitrogen and oxygen atoms in total. The van der Waals surface area contributed by atoms with Gasteiger partial charge in [0.15, 0.2) is 0 Å². The Morgan fingerprint density at radius 3 is 2.65 bits per heavy atom. The molecule has 0 atom stereocenters. The molecule has 0 fully saturated rings. The molecule has 1 aromatic carbocycles. The maximum atomic E-state index is 13.0. The lowest BCUT2D eigenvalue weighted by molar-refractivity contribution is 0.103. The quantitative estimate of drug-likeness (QED) is 0.836. The number of carbonyl (C=O) groups excluding carboxylic acids is 1. The molecule has 2 N–H and O–H groups in total. The Hall–Kier alpha value is -2.23. The van der Waals surface area contributed by atoms with E-state index in [1.54, 1.807) is 11.4 Å². The topological polar surface area (TPSA) is 49.3 Å². The molecule has 2 rings (SSSR count). The number of amides is 1. The minimum Gasteiger partial charge on any atom is -0.384 e. The Morgan fingerprint density at radius 1 is 1.30 bits per heavy atom. The molecule has 0 radical (unpaired) electrons. The van der Waals surface area contributed by atoms with Crippen molar-refractivity contribution in [3.05, 3.63) is 51.7 Å². The van der Waals surface area contributed by atoms with Gasteiger partial charge in [0, 0.05) is 17.3 Å². The molecule has 20 heavy (non-hydrogen) atoms.